The lowest BCUT2D eigenvalue weighted by Gasteiger charge is -2.11. The number of rotatable bonds is 4. The maximum atomic E-state index is 5.96. The molecule has 18 heavy (non-hydrogen) atoms. The highest BCUT2D eigenvalue weighted by Gasteiger charge is 2.14. The normalized spacial score (nSPS) is 12.4. The van der Waals surface area contributed by atoms with Crippen molar-refractivity contribution >= 4 is 54.8 Å². The average Bonchev–Trinajstić information content (AvgIpc) is 2.78. The van der Waals surface area contributed by atoms with E-state index in [0.717, 1.165) is 14.6 Å². The average molecular weight is 411 g/mol. The number of benzene rings is 1. The first-order chi connectivity index (χ1) is 8.61. The van der Waals surface area contributed by atoms with E-state index in [-0.39, 0.29) is 4.83 Å². The van der Waals surface area contributed by atoms with E-state index in [1.54, 1.807) is 11.3 Å². The van der Waals surface area contributed by atoms with Crippen LogP contribution in [0.15, 0.2) is 34.8 Å². The molecule has 2 rings (SSSR count). The summed E-state index contributed by atoms with van der Waals surface area (Å²) in [5, 5.41) is 0. The summed E-state index contributed by atoms with van der Waals surface area (Å²) in [5.74, 6) is 0.866. The molecule has 0 bridgehead atoms. The number of hydrogen-bond donors (Lipinski definition) is 0. The molecule has 2 aromatic rings. The van der Waals surface area contributed by atoms with E-state index < -0.39 is 0 Å². The Bertz CT molecular complexity index is 542. The van der Waals surface area contributed by atoms with Crippen molar-refractivity contribution in [1.82, 2.24) is 0 Å². The second kappa shape index (κ2) is 6.42. The Kier molecular flexibility index (Phi) is 5.13. The predicted octanol–water partition coefficient (Wildman–Crippen LogP) is 6.05. The van der Waals surface area contributed by atoms with Gasteiger partial charge in [0, 0.05) is 4.88 Å². The fraction of sp³-hybridized carbons (Fsp3) is 0.231. The van der Waals surface area contributed by atoms with Gasteiger partial charge in [0.2, 0.25) is 0 Å². The maximum Gasteiger partial charge on any atom is 0.133 e. The van der Waals surface area contributed by atoms with Crippen LogP contribution in [-0.4, -0.2) is 6.61 Å². The van der Waals surface area contributed by atoms with E-state index in [2.05, 4.69) is 44.0 Å². The molecule has 0 amide bonds. The van der Waals surface area contributed by atoms with Crippen LogP contribution in [0.25, 0.3) is 0 Å². The molecule has 0 saturated carbocycles. The highest BCUT2D eigenvalue weighted by atomic mass is 79.9. The van der Waals surface area contributed by atoms with Crippen molar-refractivity contribution in [3.63, 3.8) is 0 Å². The summed E-state index contributed by atoms with van der Waals surface area (Å²) in [6.07, 6.45) is 0. The molecule has 1 heterocycles. The van der Waals surface area contributed by atoms with Crippen molar-refractivity contribution in [1.29, 1.82) is 0 Å². The van der Waals surface area contributed by atoms with E-state index in [0.29, 0.717) is 6.61 Å². The first-order valence-corrected chi connectivity index (χ1v) is 8.33. The third kappa shape index (κ3) is 3.29. The van der Waals surface area contributed by atoms with Gasteiger partial charge in [-0.25, -0.2) is 0 Å². The molecular weight excluding hydrogens is 399 g/mol. The number of hydrogen-bond acceptors (Lipinski definition) is 2. The molecular formula is C13H11Br2ClOS. The molecule has 96 valence electrons. The molecule has 0 saturated heterocycles. The Morgan fingerprint density at radius 2 is 2.11 bits per heavy atom. The lowest BCUT2D eigenvalue weighted by Crippen LogP contribution is -1.95. The molecule has 0 radical (unpaired) electrons. The Balaban J connectivity index is 2.26. The summed E-state index contributed by atoms with van der Waals surface area (Å²) in [6, 6.07) is 10.1. The van der Waals surface area contributed by atoms with Crippen molar-refractivity contribution in [2.24, 2.45) is 0 Å². The second-order valence-electron chi connectivity index (χ2n) is 3.63. The highest BCUT2D eigenvalue weighted by molar-refractivity contribution is 9.10. The lowest BCUT2D eigenvalue weighted by molar-refractivity contribution is 0.338. The number of ether oxygens (including phenoxy) is 1. The quantitative estimate of drug-likeness (QED) is 0.558. The van der Waals surface area contributed by atoms with Gasteiger partial charge in [-0.3, -0.25) is 0 Å². The van der Waals surface area contributed by atoms with Crippen LogP contribution in [-0.2, 0) is 0 Å². The third-order valence-electron chi connectivity index (χ3n) is 2.39. The Morgan fingerprint density at radius 1 is 1.33 bits per heavy atom. The Labute approximate surface area is 132 Å². The minimum absolute atomic E-state index is 0.155. The van der Waals surface area contributed by atoms with Gasteiger partial charge in [0.1, 0.15) is 5.75 Å². The van der Waals surface area contributed by atoms with Crippen molar-refractivity contribution in [3.8, 4) is 5.75 Å². The summed E-state index contributed by atoms with van der Waals surface area (Å²) in [7, 11) is 0. The minimum Gasteiger partial charge on any atom is -0.493 e. The van der Waals surface area contributed by atoms with Crippen molar-refractivity contribution in [2.45, 2.75) is 11.8 Å². The maximum absolute atomic E-state index is 5.96. The zero-order valence-corrected chi connectivity index (χ0v) is 14.4. The van der Waals surface area contributed by atoms with Crippen LogP contribution in [0.2, 0.25) is 4.34 Å². The number of thiophene rings is 1. The Hall–Kier alpha value is -0.0300. The van der Waals surface area contributed by atoms with E-state index in [4.69, 9.17) is 16.3 Å². The molecule has 1 nitrogen and oxygen atoms in total. The molecule has 0 spiro atoms. The first kappa shape index (κ1) is 14.4. The van der Waals surface area contributed by atoms with E-state index in [1.165, 1.54) is 10.4 Å². The highest BCUT2D eigenvalue weighted by Crippen LogP contribution is 2.39. The molecule has 1 atom stereocenters. The van der Waals surface area contributed by atoms with Gasteiger partial charge < -0.3 is 4.74 Å². The minimum atomic E-state index is 0.155. The van der Waals surface area contributed by atoms with Crippen molar-refractivity contribution < 1.29 is 4.74 Å². The predicted molar refractivity (Wildman–Crippen MR) is 85.4 cm³/mol. The zero-order chi connectivity index (χ0) is 13.1. The second-order valence-corrected chi connectivity index (χ2v) is 7.14. The molecule has 0 aliphatic heterocycles. The van der Waals surface area contributed by atoms with Gasteiger partial charge >= 0.3 is 0 Å². The molecule has 0 fully saturated rings. The lowest BCUT2D eigenvalue weighted by atomic mass is 10.1. The van der Waals surface area contributed by atoms with Crippen molar-refractivity contribution in [2.75, 3.05) is 6.61 Å². The van der Waals surface area contributed by atoms with Gasteiger partial charge in [-0.15, -0.1) is 11.3 Å². The Morgan fingerprint density at radius 3 is 2.67 bits per heavy atom. The molecule has 1 aromatic carbocycles. The molecule has 0 aliphatic carbocycles. The SMILES string of the molecule is CCOc1ccc(C(Br)c2ccc(Cl)s2)cc1Br. The molecule has 1 unspecified atom stereocenters. The van der Waals surface area contributed by atoms with Gasteiger partial charge in [0.05, 0.1) is 20.2 Å². The standard InChI is InChI=1S/C13H11Br2ClOS/c1-2-17-10-4-3-8(7-9(10)14)13(15)11-5-6-12(16)18-11/h3-7,13H,2H2,1H3. The summed E-state index contributed by atoms with van der Waals surface area (Å²) in [5.41, 5.74) is 1.17. The van der Waals surface area contributed by atoms with Crippen molar-refractivity contribution in [3.05, 3.63) is 49.6 Å². The fourth-order valence-corrected chi connectivity index (χ4v) is 3.87. The van der Waals surface area contributed by atoms with Gasteiger partial charge in [0.15, 0.2) is 0 Å². The molecule has 0 N–H and O–H groups in total. The number of halogens is 3. The van der Waals surface area contributed by atoms with Gasteiger partial charge in [-0.2, -0.15) is 0 Å². The van der Waals surface area contributed by atoms with Gasteiger partial charge in [-0.05, 0) is 52.7 Å². The molecule has 5 heteroatoms. The monoisotopic (exact) mass is 408 g/mol. The van der Waals surface area contributed by atoms with Crippen LogP contribution in [0.1, 0.15) is 22.2 Å². The van der Waals surface area contributed by atoms with Crippen LogP contribution < -0.4 is 4.74 Å². The van der Waals surface area contributed by atoms with Gasteiger partial charge in [0.25, 0.3) is 0 Å². The van der Waals surface area contributed by atoms with Crippen LogP contribution >= 0.6 is 54.8 Å². The fourth-order valence-electron chi connectivity index (χ4n) is 1.58. The summed E-state index contributed by atoms with van der Waals surface area (Å²) in [4.78, 5) is 1.35. The van der Waals surface area contributed by atoms with E-state index in [9.17, 15) is 0 Å². The van der Waals surface area contributed by atoms with Crippen LogP contribution in [0.5, 0.6) is 5.75 Å². The summed E-state index contributed by atoms with van der Waals surface area (Å²) in [6.45, 7) is 2.64. The molecule has 1 aromatic heterocycles. The topological polar surface area (TPSA) is 9.23 Å². The molecule has 0 aliphatic rings. The zero-order valence-electron chi connectivity index (χ0n) is 9.62. The smallest absolute Gasteiger partial charge is 0.133 e. The third-order valence-corrected chi connectivity index (χ3v) is 5.63. The number of alkyl halides is 1. The van der Waals surface area contributed by atoms with E-state index in [1.807, 2.05) is 25.1 Å². The van der Waals surface area contributed by atoms with E-state index >= 15 is 0 Å². The largest absolute Gasteiger partial charge is 0.493 e. The van der Waals surface area contributed by atoms with Crippen LogP contribution in [0.3, 0.4) is 0 Å². The van der Waals surface area contributed by atoms with Crippen LogP contribution in [0.4, 0.5) is 0 Å². The summed E-state index contributed by atoms with van der Waals surface area (Å²) >= 11 is 14.8. The van der Waals surface area contributed by atoms with Crippen LogP contribution in [0, 0.1) is 0 Å². The first-order valence-electron chi connectivity index (χ1n) is 5.43. The summed E-state index contributed by atoms with van der Waals surface area (Å²) < 4.78 is 7.27. The van der Waals surface area contributed by atoms with Gasteiger partial charge in [-0.1, -0.05) is 33.6 Å².